The van der Waals surface area contributed by atoms with Gasteiger partial charge in [-0.1, -0.05) is 83.5 Å². The van der Waals surface area contributed by atoms with Crippen molar-refractivity contribution in [1.29, 1.82) is 0 Å². The van der Waals surface area contributed by atoms with E-state index in [0.717, 1.165) is 69.2 Å². The number of likely N-dealkylation sites (tertiary alicyclic amines) is 1. The molecule has 1 unspecified atom stereocenters. The first-order chi connectivity index (χ1) is 21.3. The van der Waals surface area contributed by atoms with E-state index in [4.69, 9.17) is 4.74 Å². The lowest BCUT2D eigenvalue weighted by Crippen LogP contribution is -2.63. The molecule has 4 aliphatic carbocycles. The molecule has 1 saturated heterocycles. The molecule has 4 heteroatoms. The van der Waals surface area contributed by atoms with E-state index in [1.807, 2.05) is 18.2 Å². The summed E-state index contributed by atoms with van der Waals surface area (Å²) in [5, 5.41) is 11.5. The number of amides is 1. The second kappa shape index (κ2) is 10.4. The van der Waals surface area contributed by atoms with E-state index < -0.39 is 0 Å². The molecule has 4 nitrogen and oxygen atoms in total. The second-order valence-electron chi connectivity index (χ2n) is 17.0. The Bertz CT molecular complexity index is 1540. The van der Waals surface area contributed by atoms with Gasteiger partial charge in [0, 0.05) is 23.9 Å². The molecule has 0 radical (unpaired) electrons. The van der Waals surface area contributed by atoms with Crippen molar-refractivity contribution in [2.24, 2.45) is 27.6 Å². The number of carbonyl (C=O) groups is 1. The van der Waals surface area contributed by atoms with E-state index in [9.17, 15) is 9.90 Å². The van der Waals surface area contributed by atoms with E-state index in [1.54, 1.807) is 5.57 Å². The van der Waals surface area contributed by atoms with Crippen LogP contribution in [0.1, 0.15) is 128 Å². The molecule has 5 aliphatic rings. The van der Waals surface area contributed by atoms with Gasteiger partial charge in [0.1, 0.15) is 6.61 Å². The van der Waals surface area contributed by atoms with Gasteiger partial charge in [0.05, 0.1) is 0 Å². The molecule has 7 rings (SSSR count). The highest BCUT2D eigenvalue weighted by Gasteiger charge is 2.67. The molecule has 242 valence electrons. The van der Waals surface area contributed by atoms with E-state index >= 15 is 0 Å². The monoisotopic (exact) mass is 609 g/mol. The smallest absolute Gasteiger partial charge is 0.228 e. The van der Waals surface area contributed by atoms with Crippen molar-refractivity contribution in [3.8, 4) is 11.5 Å². The molecule has 0 bridgehead atoms. The lowest BCUT2D eigenvalue weighted by Gasteiger charge is -2.70. The second-order valence-corrected chi connectivity index (χ2v) is 17.0. The number of benzene rings is 2. The fourth-order valence-corrected chi connectivity index (χ4v) is 11.4. The highest BCUT2D eigenvalue weighted by molar-refractivity contribution is 5.82. The summed E-state index contributed by atoms with van der Waals surface area (Å²) in [7, 11) is 0. The fourth-order valence-electron chi connectivity index (χ4n) is 11.4. The van der Waals surface area contributed by atoms with Crippen LogP contribution in [0.4, 0.5) is 0 Å². The minimum Gasteiger partial charge on any atom is -0.504 e. The van der Waals surface area contributed by atoms with Crippen molar-refractivity contribution in [3.63, 3.8) is 0 Å². The van der Waals surface area contributed by atoms with E-state index in [-0.39, 0.29) is 38.7 Å². The maximum Gasteiger partial charge on any atom is 0.228 e. The minimum atomic E-state index is -0.254. The Hall–Kier alpha value is -2.75. The van der Waals surface area contributed by atoms with Gasteiger partial charge in [0.25, 0.3) is 0 Å². The highest BCUT2D eigenvalue weighted by Crippen LogP contribution is 2.75. The number of allylic oxidation sites excluding steroid dienone is 2. The van der Waals surface area contributed by atoms with Crippen LogP contribution in [0.3, 0.4) is 0 Å². The van der Waals surface area contributed by atoms with Gasteiger partial charge in [-0.25, -0.2) is 0 Å². The molecule has 0 aromatic heterocycles. The molecule has 3 saturated carbocycles. The molecule has 4 fully saturated rings. The molecule has 2 aromatic carbocycles. The van der Waals surface area contributed by atoms with Gasteiger partial charge in [-0.2, -0.15) is 0 Å². The predicted octanol–water partition coefficient (Wildman–Crippen LogP) is 9.62. The third-order valence-electron chi connectivity index (χ3n) is 14.5. The summed E-state index contributed by atoms with van der Waals surface area (Å²) >= 11 is 0. The lowest BCUT2D eigenvalue weighted by molar-refractivity contribution is -0.172. The van der Waals surface area contributed by atoms with Crippen molar-refractivity contribution >= 4 is 5.91 Å². The van der Waals surface area contributed by atoms with Gasteiger partial charge in [-0.05, 0) is 121 Å². The van der Waals surface area contributed by atoms with Crippen LogP contribution in [-0.2, 0) is 16.8 Å². The number of aromatic hydroxyl groups is 1. The van der Waals surface area contributed by atoms with E-state index in [2.05, 4.69) is 77.6 Å². The number of phenolic OH excluding ortho intramolecular Hbond substituents is 1. The number of rotatable bonds is 4. The molecule has 7 atom stereocenters. The van der Waals surface area contributed by atoms with Crippen LogP contribution in [0.25, 0.3) is 0 Å². The molecular weight excluding hydrogens is 554 g/mol. The first-order valence-electron chi connectivity index (χ1n) is 17.8. The summed E-state index contributed by atoms with van der Waals surface area (Å²) in [5.41, 5.74) is 6.43. The number of fused-ring (bicyclic) bond motifs is 7. The highest BCUT2D eigenvalue weighted by atomic mass is 16.5. The zero-order valence-corrected chi connectivity index (χ0v) is 28.9. The van der Waals surface area contributed by atoms with Crippen LogP contribution in [0.2, 0.25) is 0 Å². The summed E-state index contributed by atoms with van der Waals surface area (Å²) < 4.78 is 6.30. The molecule has 1 amide bonds. The van der Waals surface area contributed by atoms with Crippen LogP contribution in [0, 0.1) is 34.5 Å². The third-order valence-corrected chi connectivity index (χ3v) is 14.5. The zero-order valence-electron chi connectivity index (χ0n) is 28.9. The van der Waals surface area contributed by atoms with Crippen molar-refractivity contribution < 1.29 is 14.6 Å². The van der Waals surface area contributed by atoms with E-state index in [0.29, 0.717) is 24.2 Å². The first-order valence-corrected chi connectivity index (χ1v) is 17.8. The van der Waals surface area contributed by atoms with E-state index in [1.165, 1.54) is 24.0 Å². The molecule has 45 heavy (non-hydrogen) atoms. The van der Waals surface area contributed by atoms with Crippen LogP contribution < -0.4 is 4.74 Å². The number of nitrogens with zero attached hydrogens (tertiary/aromatic N) is 1. The van der Waals surface area contributed by atoms with Crippen molar-refractivity contribution in [1.82, 2.24) is 4.90 Å². The normalized spacial score (nSPS) is 38.8. The summed E-state index contributed by atoms with van der Waals surface area (Å²) in [6.45, 7) is 19.3. The molecule has 1 aliphatic heterocycles. The summed E-state index contributed by atoms with van der Waals surface area (Å²) in [4.78, 5) is 16.2. The van der Waals surface area contributed by atoms with Gasteiger partial charge in [0.2, 0.25) is 5.91 Å². The number of ether oxygens (including phenoxy) is 1. The molecule has 0 spiro atoms. The molecule has 1 N–H and O–H groups in total. The average Bonchev–Trinajstić information content (AvgIpc) is 3.56. The molecular formula is C41H55NO3. The van der Waals surface area contributed by atoms with Gasteiger partial charge < -0.3 is 14.7 Å². The first kappa shape index (κ1) is 30.9. The van der Waals surface area contributed by atoms with Gasteiger partial charge >= 0.3 is 0 Å². The van der Waals surface area contributed by atoms with Crippen LogP contribution in [0.5, 0.6) is 11.5 Å². The molecule has 1 heterocycles. The Labute approximate surface area is 271 Å². The number of phenols is 1. The Morgan fingerprint density at radius 1 is 0.956 bits per heavy atom. The standard InChI is InChI=1S/C41H55NO3/c1-27-23-32-39(5,30-24-31(43)35(28(2)34(27)30)45-26-29-13-9-8-10-14-29)18-20-41(7)33-25-38(4,36(44)42-21-11-12-22-42)16-15-37(33,3)17-19-40(32,41)6/h8-10,13-14,23-24,27,33,43H,11-12,15-22,25-26H2,1-7H3/t27?,33-,37-,38-,39+,40-,41+/m1/s1. The van der Waals surface area contributed by atoms with Gasteiger partial charge in [-0.3, -0.25) is 4.79 Å². The number of carbonyl (C=O) groups excluding carboxylic acids is 1. The zero-order chi connectivity index (χ0) is 32.0. The Morgan fingerprint density at radius 3 is 2.36 bits per heavy atom. The van der Waals surface area contributed by atoms with Crippen LogP contribution >= 0.6 is 0 Å². The SMILES string of the molecule is Cc1c(OCc2ccccc2)c(O)cc2c1C(C)C=C1[C@@]2(C)CC[C@@]2(C)[C@@H]3C[C@](C)(C(=O)N4CCCC4)CC[C@]3(C)CC[C@]12C. The minimum absolute atomic E-state index is 0.0388. The van der Waals surface area contributed by atoms with Gasteiger partial charge in [0.15, 0.2) is 11.5 Å². The summed E-state index contributed by atoms with van der Waals surface area (Å²) in [6, 6.07) is 12.2. The number of hydrogen-bond acceptors (Lipinski definition) is 3. The summed E-state index contributed by atoms with van der Waals surface area (Å²) in [5.74, 6) is 2.06. The van der Waals surface area contributed by atoms with Crippen LogP contribution in [0.15, 0.2) is 48.0 Å². The van der Waals surface area contributed by atoms with Crippen molar-refractivity contribution in [2.75, 3.05) is 13.1 Å². The topological polar surface area (TPSA) is 49.8 Å². The fraction of sp³-hybridized carbons (Fsp3) is 0.634. The Balaban J connectivity index is 1.24. The Kier molecular flexibility index (Phi) is 7.12. The predicted molar refractivity (Wildman–Crippen MR) is 182 cm³/mol. The largest absolute Gasteiger partial charge is 0.504 e. The lowest BCUT2D eigenvalue weighted by atomic mass is 9.34. The quantitative estimate of drug-likeness (QED) is 0.351. The van der Waals surface area contributed by atoms with Crippen molar-refractivity contribution in [3.05, 3.63) is 70.3 Å². The Morgan fingerprint density at radius 2 is 1.64 bits per heavy atom. The summed E-state index contributed by atoms with van der Waals surface area (Å²) in [6.07, 6.45) is 12.8. The van der Waals surface area contributed by atoms with Crippen LogP contribution in [-0.4, -0.2) is 29.0 Å². The molecule has 2 aromatic rings. The maximum absolute atomic E-state index is 14.0. The van der Waals surface area contributed by atoms with Gasteiger partial charge in [-0.15, -0.1) is 0 Å². The number of hydrogen-bond donors (Lipinski definition) is 1. The third kappa shape index (κ3) is 4.39. The maximum atomic E-state index is 14.0. The average molecular weight is 610 g/mol. The van der Waals surface area contributed by atoms with Crippen molar-refractivity contribution in [2.45, 2.75) is 124 Å².